The lowest BCUT2D eigenvalue weighted by Gasteiger charge is -2.27. The van der Waals surface area contributed by atoms with Crippen molar-refractivity contribution in [3.63, 3.8) is 0 Å². The molecular weight excluding hydrogens is 244 g/mol. The van der Waals surface area contributed by atoms with Gasteiger partial charge in [-0.3, -0.25) is 4.79 Å². The molecule has 84 valence electrons. The van der Waals surface area contributed by atoms with Gasteiger partial charge in [0.05, 0.1) is 0 Å². The van der Waals surface area contributed by atoms with Crippen LogP contribution in [0.1, 0.15) is 18.4 Å². The highest BCUT2D eigenvalue weighted by Gasteiger charge is 2.22. The summed E-state index contributed by atoms with van der Waals surface area (Å²) in [4.78, 5) is 11.7. The number of carbonyl (C=O) groups excluding carboxylic acids is 1. The van der Waals surface area contributed by atoms with Gasteiger partial charge >= 0.3 is 0 Å². The summed E-state index contributed by atoms with van der Waals surface area (Å²) < 4.78 is 0. The van der Waals surface area contributed by atoms with Gasteiger partial charge in [0.15, 0.2) is 0 Å². The minimum absolute atomic E-state index is 0.00123. The van der Waals surface area contributed by atoms with Crippen LogP contribution in [0.25, 0.3) is 0 Å². The molecule has 1 aliphatic heterocycles. The molecule has 2 rings (SSSR count). The number of halogens is 1. The van der Waals surface area contributed by atoms with Crippen molar-refractivity contribution in [1.29, 1.82) is 0 Å². The van der Waals surface area contributed by atoms with Gasteiger partial charge < -0.3 is 11.1 Å². The number of anilines is 1. The minimum Gasteiger partial charge on any atom is -0.381 e. The fourth-order valence-electron chi connectivity index (χ4n) is 1.84. The van der Waals surface area contributed by atoms with Gasteiger partial charge in [-0.1, -0.05) is 23.8 Å². The SMILES string of the molecule is NC(=O)CC1CC(=S)c2cc(Cl)ccc2N1. The number of amides is 1. The number of hydrogen-bond acceptors (Lipinski definition) is 3. The Bertz CT molecular complexity index is 461. The second-order valence-electron chi connectivity index (χ2n) is 3.83. The first-order valence-electron chi connectivity index (χ1n) is 4.94. The lowest BCUT2D eigenvalue weighted by molar-refractivity contribution is -0.118. The zero-order valence-corrected chi connectivity index (χ0v) is 10.1. The van der Waals surface area contributed by atoms with E-state index in [4.69, 9.17) is 29.6 Å². The van der Waals surface area contributed by atoms with Gasteiger partial charge in [0.2, 0.25) is 5.91 Å². The topological polar surface area (TPSA) is 55.1 Å². The van der Waals surface area contributed by atoms with Crippen molar-refractivity contribution in [2.75, 3.05) is 5.32 Å². The molecule has 1 unspecified atom stereocenters. The van der Waals surface area contributed by atoms with E-state index in [-0.39, 0.29) is 11.9 Å². The molecule has 1 aromatic carbocycles. The summed E-state index contributed by atoms with van der Waals surface area (Å²) in [6.07, 6.45) is 0.938. The fraction of sp³-hybridized carbons (Fsp3) is 0.273. The molecule has 1 heterocycles. The van der Waals surface area contributed by atoms with Crippen LogP contribution in [0.2, 0.25) is 5.02 Å². The number of nitrogens with one attached hydrogen (secondary N) is 1. The maximum atomic E-state index is 10.9. The first-order valence-corrected chi connectivity index (χ1v) is 5.72. The van der Waals surface area contributed by atoms with E-state index in [2.05, 4.69) is 5.32 Å². The summed E-state index contributed by atoms with van der Waals surface area (Å²) >= 11 is 11.2. The molecule has 3 N–H and O–H groups in total. The molecular formula is C11H11ClN2OS. The molecule has 0 fully saturated rings. The zero-order valence-electron chi connectivity index (χ0n) is 8.50. The van der Waals surface area contributed by atoms with Gasteiger partial charge in [-0.15, -0.1) is 0 Å². The number of primary amides is 1. The Balaban J connectivity index is 2.26. The lowest BCUT2D eigenvalue weighted by Crippen LogP contribution is -2.33. The fourth-order valence-corrected chi connectivity index (χ4v) is 2.39. The maximum Gasteiger partial charge on any atom is 0.219 e. The van der Waals surface area contributed by atoms with Crippen molar-refractivity contribution in [1.82, 2.24) is 0 Å². The molecule has 16 heavy (non-hydrogen) atoms. The molecule has 0 aromatic heterocycles. The van der Waals surface area contributed by atoms with Crippen LogP contribution >= 0.6 is 23.8 Å². The van der Waals surface area contributed by atoms with E-state index in [1.54, 1.807) is 6.07 Å². The van der Waals surface area contributed by atoms with E-state index in [0.717, 1.165) is 16.1 Å². The molecule has 0 saturated carbocycles. The van der Waals surface area contributed by atoms with Crippen LogP contribution in [-0.4, -0.2) is 16.8 Å². The molecule has 5 heteroatoms. The van der Waals surface area contributed by atoms with Crippen molar-refractivity contribution >= 4 is 40.3 Å². The molecule has 1 atom stereocenters. The molecule has 0 bridgehead atoms. The Kier molecular flexibility index (Phi) is 3.12. The Hall–Kier alpha value is -1.13. The van der Waals surface area contributed by atoms with E-state index in [1.807, 2.05) is 12.1 Å². The van der Waals surface area contributed by atoms with Crippen LogP contribution in [0.4, 0.5) is 5.69 Å². The van der Waals surface area contributed by atoms with Crippen molar-refractivity contribution in [3.05, 3.63) is 28.8 Å². The monoisotopic (exact) mass is 254 g/mol. The van der Waals surface area contributed by atoms with Gasteiger partial charge in [-0.2, -0.15) is 0 Å². The predicted octanol–water partition coefficient (Wildman–Crippen LogP) is 2.12. The first-order chi connectivity index (χ1) is 7.56. The molecule has 1 aromatic rings. The lowest BCUT2D eigenvalue weighted by atomic mass is 9.96. The highest BCUT2D eigenvalue weighted by Crippen LogP contribution is 2.29. The molecule has 1 amide bonds. The normalized spacial score (nSPS) is 18.8. The third-order valence-corrected chi connectivity index (χ3v) is 3.14. The van der Waals surface area contributed by atoms with Gasteiger partial charge in [-0.25, -0.2) is 0 Å². The number of carbonyl (C=O) groups is 1. The number of thiocarbonyl (C=S) groups is 1. The van der Waals surface area contributed by atoms with Crippen LogP contribution in [0.15, 0.2) is 18.2 Å². The third kappa shape index (κ3) is 2.33. The largest absolute Gasteiger partial charge is 0.381 e. The minimum atomic E-state index is -0.322. The van der Waals surface area contributed by atoms with Crippen LogP contribution < -0.4 is 11.1 Å². The van der Waals surface area contributed by atoms with Crippen LogP contribution in [-0.2, 0) is 4.79 Å². The second-order valence-corrected chi connectivity index (χ2v) is 4.76. The van der Waals surface area contributed by atoms with Gasteiger partial charge in [0.1, 0.15) is 0 Å². The number of nitrogens with two attached hydrogens (primary N) is 1. The van der Waals surface area contributed by atoms with E-state index in [1.165, 1.54) is 0 Å². The summed E-state index contributed by atoms with van der Waals surface area (Å²) in [7, 11) is 0. The molecule has 1 aliphatic rings. The average Bonchev–Trinajstić information content (AvgIpc) is 2.18. The van der Waals surface area contributed by atoms with Gasteiger partial charge in [-0.05, 0) is 18.2 Å². The predicted molar refractivity (Wildman–Crippen MR) is 69.0 cm³/mol. The number of rotatable bonds is 2. The maximum absolute atomic E-state index is 10.9. The summed E-state index contributed by atoms with van der Waals surface area (Å²) in [5.74, 6) is -0.322. The van der Waals surface area contributed by atoms with Crippen molar-refractivity contribution in [2.24, 2.45) is 5.73 Å². The van der Waals surface area contributed by atoms with Gasteiger partial charge in [0.25, 0.3) is 0 Å². The standard InChI is InChI=1S/C11H11ClN2OS/c12-6-1-2-9-8(3-6)10(16)4-7(14-9)5-11(13)15/h1-3,7,14H,4-5H2,(H2,13,15). The average molecular weight is 255 g/mol. The van der Waals surface area contributed by atoms with E-state index >= 15 is 0 Å². The molecule has 3 nitrogen and oxygen atoms in total. The Morgan fingerprint density at radius 2 is 2.38 bits per heavy atom. The van der Waals surface area contributed by atoms with Crippen LogP contribution in [0, 0.1) is 0 Å². The van der Waals surface area contributed by atoms with E-state index in [0.29, 0.717) is 17.9 Å². The number of hydrogen-bond donors (Lipinski definition) is 2. The molecule has 0 aliphatic carbocycles. The number of benzene rings is 1. The van der Waals surface area contributed by atoms with Gasteiger partial charge in [0, 0.05) is 40.0 Å². The highest BCUT2D eigenvalue weighted by molar-refractivity contribution is 7.80. The van der Waals surface area contributed by atoms with E-state index < -0.39 is 0 Å². The Labute approximate surface area is 104 Å². The van der Waals surface area contributed by atoms with Crippen molar-refractivity contribution < 1.29 is 4.79 Å². The Morgan fingerprint density at radius 1 is 1.62 bits per heavy atom. The van der Waals surface area contributed by atoms with Crippen LogP contribution in [0.3, 0.4) is 0 Å². The quantitative estimate of drug-likeness (QED) is 0.795. The van der Waals surface area contributed by atoms with Crippen LogP contribution in [0.5, 0.6) is 0 Å². The van der Waals surface area contributed by atoms with Crippen molar-refractivity contribution in [2.45, 2.75) is 18.9 Å². The van der Waals surface area contributed by atoms with Crippen molar-refractivity contribution in [3.8, 4) is 0 Å². The zero-order chi connectivity index (χ0) is 11.7. The van der Waals surface area contributed by atoms with E-state index in [9.17, 15) is 4.79 Å². The third-order valence-electron chi connectivity index (χ3n) is 2.52. The summed E-state index contributed by atoms with van der Waals surface area (Å²) in [5.41, 5.74) is 7.04. The molecule has 0 saturated heterocycles. The summed E-state index contributed by atoms with van der Waals surface area (Å²) in [5, 5.41) is 3.90. The molecule has 0 spiro atoms. The Morgan fingerprint density at radius 3 is 3.06 bits per heavy atom. The summed E-state index contributed by atoms with van der Waals surface area (Å²) in [6, 6.07) is 5.51. The number of fused-ring (bicyclic) bond motifs is 1. The highest BCUT2D eigenvalue weighted by atomic mass is 35.5. The molecule has 0 radical (unpaired) electrons. The second kappa shape index (κ2) is 4.39. The smallest absolute Gasteiger partial charge is 0.219 e. The first kappa shape index (κ1) is 11.4. The summed E-state index contributed by atoms with van der Waals surface area (Å²) in [6.45, 7) is 0.